The summed E-state index contributed by atoms with van der Waals surface area (Å²) in [6.07, 6.45) is 3.29. The lowest BCUT2D eigenvalue weighted by Crippen LogP contribution is -2.28. The second kappa shape index (κ2) is 9.15. The van der Waals surface area contributed by atoms with Crippen molar-refractivity contribution in [3.05, 3.63) is 54.0 Å². The summed E-state index contributed by atoms with van der Waals surface area (Å²) in [6, 6.07) is 9.10. The van der Waals surface area contributed by atoms with E-state index < -0.39 is 0 Å². The van der Waals surface area contributed by atoms with E-state index in [-0.39, 0.29) is 24.4 Å². The molecule has 2 aromatic rings. The van der Waals surface area contributed by atoms with Crippen LogP contribution in [0.15, 0.2) is 42.6 Å². The van der Waals surface area contributed by atoms with Crippen LogP contribution in [0.25, 0.3) is 0 Å². The van der Waals surface area contributed by atoms with Crippen LogP contribution in [0.4, 0.5) is 4.39 Å². The number of pyridine rings is 1. The van der Waals surface area contributed by atoms with Crippen LogP contribution in [0.5, 0.6) is 11.6 Å². The van der Waals surface area contributed by atoms with Gasteiger partial charge in [0.15, 0.2) is 0 Å². The Bertz CT molecular complexity index is 700. The largest absolute Gasteiger partial charge is 0.492 e. The molecule has 0 spiro atoms. The van der Waals surface area contributed by atoms with Crippen LogP contribution in [0, 0.1) is 5.82 Å². The first-order valence-electron chi connectivity index (χ1n) is 8.58. The summed E-state index contributed by atoms with van der Waals surface area (Å²) in [4.78, 5) is 16.3. The maximum atomic E-state index is 12.8. The van der Waals surface area contributed by atoms with Gasteiger partial charge in [-0.05, 0) is 30.3 Å². The first-order chi connectivity index (χ1) is 12.7. The van der Waals surface area contributed by atoms with Crippen molar-refractivity contribution in [1.29, 1.82) is 0 Å². The van der Waals surface area contributed by atoms with Crippen LogP contribution < -0.4 is 14.8 Å². The summed E-state index contributed by atoms with van der Waals surface area (Å²) in [5.41, 5.74) is 0.450. The zero-order valence-corrected chi connectivity index (χ0v) is 14.3. The summed E-state index contributed by atoms with van der Waals surface area (Å²) in [7, 11) is 0. The highest BCUT2D eigenvalue weighted by molar-refractivity contribution is 5.93. The van der Waals surface area contributed by atoms with Gasteiger partial charge in [-0.1, -0.05) is 0 Å². The molecule has 7 heteroatoms. The van der Waals surface area contributed by atoms with E-state index >= 15 is 0 Å². The SMILES string of the molecule is O=C(NCCOc1ccc(F)cc1)c1ccc(OC2CCOCC2)nc1. The van der Waals surface area contributed by atoms with Gasteiger partial charge in [0.25, 0.3) is 5.91 Å². The first-order valence-corrected chi connectivity index (χ1v) is 8.58. The molecule has 0 saturated carbocycles. The molecule has 1 saturated heterocycles. The number of benzene rings is 1. The number of halogens is 1. The lowest BCUT2D eigenvalue weighted by atomic mass is 10.1. The average Bonchev–Trinajstić information content (AvgIpc) is 2.68. The van der Waals surface area contributed by atoms with E-state index in [2.05, 4.69) is 10.3 Å². The number of nitrogens with zero attached hydrogens (tertiary/aromatic N) is 1. The Morgan fingerprint density at radius 1 is 1.19 bits per heavy atom. The van der Waals surface area contributed by atoms with E-state index in [1.807, 2.05) is 0 Å². The highest BCUT2D eigenvalue weighted by Gasteiger charge is 2.16. The molecule has 1 aliphatic rings. The second-order valence-electron chi connectivity index (χ2n) is 5.87. The van der Waals surface area contributed by atoms with Crippen molar-refractivity contribution in [2.24, 2.45) is 0 Å². The van der Waals surface area contributed by atoms with Crippen LogP contribution >= 0.6 is 0 Å². The third-order valence-electron chi connectivity index (χ3n) is 3.92. The average molecular weight is 360 g/mol. The lowest BCUT2D eigenvalue weighted by molar-refractivity contribution is 0.0237. The monoisotopic (exact) mass is 360 g/mol. The first kappa shape index (κ1) is 18.1. The summed E-state index contributed by atoms with van der Waals surface area (Å²) >= 11 is 0. The van der Waals surface area contributed by atoms with Crippen LogP contribution in [0.3, 0.4) is 0 Å². The van der Waals surface area contributed by atoms with E-state index in [0.717, 1.165) is 12.8 Å². The molecule has 0 atom stereocenters. The predicted octanol–water partition coefficient (Wildman–Crippen LogP) is 2.59. The third-order valence-corrected chi connectivity index (χ3v) is 3.92. The highest BCUT2D eigenvalue weighted by atomic mass is 19.1. The van der Waals surface area contributed by atoms with Crippen molar-refractivity contribution in [3.63, 3.8) is 0 Å². The molecule has 0 radical (unpaired) electrons. The predicted molar refractivity (Wildman–Crippen MR) is 92.9 cm³/mol. The van der Waals surface area contributed by atoms with Crippen molar-refractivity contribution >= 4 is 5.91 Å². The molecule has 6 nitrogen and oxygen atoms in total. The zero-order chi connectivity index (χ0) is 18.2. The summed E-state index contributed by atoms with van der Waals surface area (Å²) in [5.74, 6) is 0.505. The number of hydrogen-bond donors (Lipinski definition) is 1. The molecular weight excluding hydrogens is 339 g/mol. The van der Waals surface area contributed by atoms with E-state index in [1.165, 1.54) is 30.5 Å². The third kappa shape index (κ3) is 5.42. The molecule has 1 aromatic heterocycles. The van der Waals surface area contributed by atoms with Gasteiger partial charge >= 0.3 is 0 Å². The van der Waals surface area contributed by atoms with Crippen LogP contribution in [0.1, 0.15) is 23.2 Å². The molecule has 0 aliphatic carbocycles. The molecule has 0 unspecified atom stereocenters. The molecule has 3 rings (SSSR count). The number of carbonyl (C=O) groups is 1. The minimum absolute atomic E-state index is 0.111. The van der Waals surface area contributed by atoms with Crippen LogP contribution in [0.2, 0.25) is 0 Å². The Morgan fingerprint density at radius 2 is 1.96 bits per heavy atom. The molecule has 1 fully saturated rings. The summed E-state index contributed by atoms with van der Waals surface area (Å²) < 4.78 is 29.3. The molecule has 0 bridgehead atoms. The minimum atomic E-state index is -0.317. The molecule has 138 valence electrons. The number of rotatable bonds is 7. The number of carbonyl (C=O) groups excluding carboxylic acids is 1. The van der Waals surface area contributed by atoms with Crippen molar-refractivity contribution < 1.29 is 23.4 Å². The van der Waals surface area contributed by atoms with Gasteiger partial charge in [0.05, 0.1) is 25.3 Å². The Balaban J connectivity index is 1.40. The van der Waals surface area contributed by atoms with Gasteiger partial charge in [-0.15, -0.1) is 0 Å². The Kier molecular flexibility index (Phi) is 6.38. The van der Waals surface area contributed by atoms with Gasteiger partial charge in [0.1, 0.15) is 24.3 Å². The van der Waals surface area contributed by atoms with Crippen molar-refractivity contribution in [2.45, 2.75) is 18.9 Å². The molecule has 1 amide bonds. The fourth-order valence-electron chi connectivity index (χ4n) is 2.52. The molecule has 1 N–H and O–H groups in total. The molecule has 1 aromatic carbocycles. The highest BCUT2D eigenvalue weighted by Crippen LogP contribution is 2.16. The minimum Gasteiger partial charge on any atom is -0.492 e. The summed E-state index contributed by atoms with van der Waals surface area (Å²) in [6.45, 7) is 2.02. The number of nitrogens with one attached hydrogen (secondary N) is 1. The zero-order valence-electron chi connectivity index (χ0n) is 14.3. The lowest BCUT2D eigenvalue weighted by Gasteiger charge is -2.22. The normalized spacial score (nSPS) is 14.7. The van der Waals surface area contributed by atoms with E-state index in [4.69, 9.17) is 14.2 Å². The Labute approximate surface area is 151 Å². The fourth-order valence-corrected chi connectivity index (χ4v) is 2.52. The summed E-state index contributed by atoms with van der Waals surface area (Å²) in [5, 5.41) is 2.75. The number of ether oxygens (including phenoxy) is 3. The van der Waals surface area contributed by atoms with Gasteiger partial charge in [0.2, 0.25) is 5.88 Å². The van der Waals surface area contributed by atoms with E-state index in [0.29, 0.717) is 37.0 Å². The Morgan fingerprint density at radius 3 is 2.65 bits per heavy atom. The molecule has 2 heterocycles. The van der Waals surface area contributed by atoms with Crippen molar-refractivity contribution in [1.82, 2.24) is 10.3 Å². The van der Waals surface area contributed by atoms with Gasteiger partial charge in [-0.25, -0.2) is 9.37 Å². The van der Waals surface area contributed by atoms with Gasteiger partial charge < -0.3 is 19.5 Å². The maximum absolute atomic E-state index is 12.8. The van der Waals surface area contributed by atoms with Gasteiger partial charge in [0, 0.05) is 25.1 Å². The van der Waals surface area contributed by atoms with Gasteiger partial charge in [-0.3, -0.25) is 4.79 Å². The van der Waals surface area contributed by atoms with Gasteiger partial charge in [-0.2, -0.15) is 0 Å². The van der Waals surface area contributed by atoms with Crippen LogP contribution in [-0.4, -0.2) is 43.4 Å². The number of amides is 1. The maximum Gasteiger partial charge on any atom is 0.252 e. The topological polar surface area (TPSA) is 69.7 Å². The number of aromatic nitrogens is 1. The fraction of sp³-hybridized carbons (Fsp3) is 0.368. The standard InChI is InChI=1S/C19H21FN2O4/c20-15-2-4-16(5-3-15)25-12-9-21-19(23)14-1-6-18(22-13-14)26-17-7-10-24-11-8-17/h1-6,13,17H,7-12H2,(H,21,23). The number of hydrogen-bond acceptors (Lipinski definition) is 5. The molecule has 26 heavy (non-hydrogen) atoms. The second-order valence-corrected chi connectivity index (χ2v) is 5.87. The smallest absolute Gasteiger partial charge is 0.252 e. The van der Waals surface area contributed by atoms with Crippen LogP contribution in [-0.2, 0) is 4.74 Å². The molecular formula is C19H21FN2O4. The van der Waals surface area contributed by atoms with E-state index in [9.17, 15) is 9.18 Å². The Hall–Kier alpha value is -2.67. The van der Waals surface area contributed by atoms with E-state index in [1.54, 1.807) is 12.1 Å². The van der Waals surface area contributed by atoms with Crippen molar-refractivity contribution in [3.8, 4) is 11.6 Å². The quantitative estimate of drug-likeness (QED) is 0.769. The molecule has 1 aliphatic heterocycles. The van der Waals surface area contributed by atoms with Crippen molar-refractivity contribution in [2.75, 3.05) is 26.4 Å².